The average molecular weight is 375 g/mol. The van der Waals surface area contributed by atoms with Crippen molar-refractivity contribution in [3.8, 4) is 11.5 Å². The summed E-state index contributed by atoms with van der Waals surface area (Å²) in [7, 11) is 0. The van der Waals surface area contributed by atoms with Gasteiger partial charge in [-0.3, -0.25) is 4.79 Å². The highest BCUT2D eigenvalue weighted by molar-refractivity contribution is 6.08. The van der Waals surface area contributed by atoms with E-state index in [1.807, 2.05) is 6.07 Å². The first-order chi connectivity index (χ1) is 13.6. The number of amides is 1. The lowest BCUT2D eigenvalue weighted by atomic mass is 10.2. The normalized spacial score (nSPS) is 13.7. The number of benzene rings is 1. The van der Waals surface area contributed by atoms with Gasteiger partial charge in [0.05, 0.1) is 17.5 Å². The van der Waals surface area contributed by atoms with Gasteiger partial charge < -0.3 is 10.4 Å². The molecular weight excluding hydrogens is 363 g/mol. The van der Waals surface area contributed by atoms with Crippen molar-refractivity contribution in [2.24, 2.45) is 0 Å². The molecular formula is C19H12FN6O2. The van der Waals surface area contributed by atoms with Crippen LogP contribution >= 0.6 is 0 Å². The van der Waals surface area contributed by atoms with E-state index in [0.717, 1.165) is 0 Å². The second-order valence-electron chi connectivity index (χ2n) is 6.23. The van der Waals surface area contributed by atoms with Gasteiger partial charge in [0, 0.05) is 18.0 Å². The van der Waals surface area contributed by atoms with E-state index in [9.17, 15) is 14.3 Å². The topological polar surface area (TPSA) is 106 Å². The first-order valence-corrected chi connectivity index (χ1v) is 8.42. The number of fused-ring (bicyclic) bond motifs is 2. The number of hydrogen-bond donors (Lipinski definition) is 2. The summed E-state index contributed by atoms with van der Waals surface area (Å²) in [5.74, 6) is -0.476. The summed E-state index contributed by atoms with van der Waals surface area (Å²) in [5.41, 5.74) is 1.72. The van der Waals surface area contributed by atoms with E-state index in [0.29, 0.717) is 22.3 Å². The van der Waals surface area contributed by atoms with Gasteiger partial charge >= 0.3 is 0 Å². The summed E-state index contributed by atoms with van der Waals surface area (Å²) < 4.78 is 15.7. The van der Waals surface area contributed by atoms with Gasteiger partial charge in [-0.1, -0.05) is 18.2 Å². The number of nitrogens with one attached hydrogen (secondary N) is 1. The van der Waals surface area contributed by atoms with Crippen LogP contribution in [0.4, 0.5) is 10.2 Å². The molecule has 0 unspecified atom stereocenters. The number of nitrogens with zero attached hydrogens (tertiary/aromatic N) is 5. The summed E-state index contributed by atoms with van der Waals surface area (Å²) in [6.45, 7) is 0.191. The number of aromatic nitrogens is 5. The first kappa shape index (κ1) is 16.5. The Morgan fingerprint density at radius 2 is 2.00 bits per heavy atom. The van der Waals surface area contributed by atoms with Crippen LogP contribution in [0.5, 0.6) is 0 Å². The standard InChI is InChI=1S/C19H12FN6O2/c20-13-6-2-1-4-10(13)9-26-18-11(5-3-7-21-18)14(25-26)17-22-8-12-15(27)19(28)24-16(12)23-17/h1-8,27H,9H2,(H,22,23,24,28). The van der Waals surface area contributed by atoms with Crippen LogP contribution in [0.2, 0.25) is 0 Å². The zero-order valence-corrected chi connectivity index (χ0v) is 14.3. The van der Waals surface area contributed by atoms with E-state index in [4.69, 9.17) is 0 Å². The lowest BCUT2D eigenvalue weighted by molar-refractivity contribution is -0.116. The fraction of sp³-hybridized carbons (Fsp3) is 0.0526. The van der Waals surface area contributed by atoms with Gasteiger partial charge in [-0.2, -0.15) is 5.10 Å². The third kappa shape index (κ3) is 2.52. The lowest BCUT2D eigenvalue weighted by Crippen LogP contribution is -2.11. The van der Waals surface area contributed by atoms with E-state index in [1.165, 1.54) is 12.3 Å². The molecule has 3 aromatic heterocycles. The van der Waals surface area contributed by atoms with Crippen molar-refractivity contribution < 1.29 is 14.3 Å². The second kappa shape index (κ2) is 6.17. The van der Waals surface area contributed by atoms with Crippen LogP contribution in [0.3, 0.4) is 0 Å². The highest BCUT2D eigenvalue weighted by Crippen LogP contribution is 2.31. The zero-order chi connectivity index (χ0) is 19.3. The van der Waals surface area contributed by atoms with Crippen LogP contribution in [0, 0.1) is 11.9 Å². The third-order valence-corrected chi connectivity index (χ3v) is 4.49. The molecule has 4 heterocycles. The molecule has 1 radical (unpaired) electrons. The SMILES string of the molecule is O=C1Nc2nc(-c3nn(Cc4ccccc4F)c4ncccc34)ncc2[C]1O. The smallest absolute Gasteiger partial charge is 0.266 e. The Kier molecular flexibility index (Phi) is 3.63. The van der Waals surface area contributed by atoms with Crippen LogP contribution in [0.15, 0.2) is 48.8 Å². The summed E-state index contributed by atoms with van der Waals surface area (Å²) in [6, 6.07) is 10.0. The highest BCUT2D eigenvalue weighted by atomic mass is 19.1. The van der Waals surface area contributed by atoms with Gasteiger partial charge in [-0.25, -0.2) is 24.0 Å². The van der Waals surface area contributed by atoms with E-state index in [2.05, 4.69) is 25.4 Å². The van der Waals surface area contributed by atoms with Gasteiger partial charge in [-0.05, 0) is 18.2 Å². The number of carbonyl (C=O) groups is 1. The molecule has 8 nitrogen and oxygen atoms in total. The van der Waals surface area contributed by atoms with E-state index in [-0.39, 0.29) is 29.6 Å². The molecule has 1 aliphatic rings. The van der Waals surface area contributed by atoms with E-state index < -0.39 is 12.0 Å². The van der Waals surface area contributed by atoms with Gasteiger partial charge in [0.1, 0.15) is 17.3 Å². The van der Waals surface area contributed by atoms with Crippen LogP contribution in [-0.4, -0.2) is 35.7 Å². The molecule has 0 bridgehead atoms. The maximum absolute atomic E-state index is 14.1. The van der Waals surface area contributed by atoms with Crippen molar-refractivity contribution in [1.29, 1.82) is 0 Å². The van der Waals surface area contributed by atoms with Gasteiger partial charge in [0.2, 0.25) is 6.10 Å². The van der Waals surface area contributed by atoms with Crippen molar-refractivity contribution in [2.75, 3.05) is 5.32 Å². The fourth-order valence-corrected chi connectivity index (χ4v) is 3.13. The number of pyridine rings is 1. The Morgan fingerprint density at radius 3 is 2.86 bits per heavy atom. The van der Waals surface area contributed by atoms with E-state index in [1.54, 1.807) is 35.1 Å². The molecule has 28 heavy (non-hydrogen) atoms. The Hall–Kier alpha value is -3.72. The zero-order valence-electron chi connectivity index (χ0n) is 14.3. The Balaban J connectivity index is 1.63. The van der Waals surface area contributed by atoms with Crippen molar-refractivity contribution in [2.45, 2.75) is 6.54 Å². The van der Waals surface area contributed by atoms with Crippen LogP contribution in [0.25, 0.3) is 22.6 Å². The Bertz CT molecular complexity index is 1240. The molecule has 1 aromatic carbocycles. The molecule has 2 N–H and O–H groups in total. The summed E-state index contributed by atoms with van der Waals surface area (Å²) in [4.78, 5) is 24.5. The van der Waals surface area contributed by atoms with Crippen LogP contribution in [-0.2, 0) is 11.3 Å². The minimum Gasteiger partial charge on any atom is -0.372 e. The number of carbonyl (C=O) groups excluding carboxylic acids is 1. The van der Waals surface area contributed by atoms with Crippen LogP contribution < -0.4 is 5.32 Å². The Morgan fingerprint density at radius 1 is 1.14 bits per heavy atom. The van der Waals surface area contributed by atoms with Gasteiger partial charge in [0.25, 0.3) is 5.91 Å². The molecule has 0 aliphatic carbocycles. The quantitative estimate of drug-likeness (QED) is 0.569. The monoisotopic (exact) mass is 375 g/mol. The number of rotatable bonds is 3. The number of anilines is 1. The van der Waals surface area contributed by atoms with Crippen molar-refractivity contribution in [3.63, 3.8) is 0 Å². The van der Waals surface area contributed by atoms with Crippen molar-refractivity contribution in [3.05, 3.63) is 71.8 Å². The van der Waals surface area contributed by atoms with Crippen molar-refractivity contribution >= 4 is 22.8 Å². The first-order valence-electron chi connectivity index (χ1n) is 8.42. The fourth-order valence-electron chi connectivity index (χ4n) is 3.13. The molecule has 0 spiro atoms. The predicted molar refractivity (Wildman–Crippen MR) is 97.0 cm³/mol. The maximum Gasteiger partial charge on any atom is 0.266 e. The molecule has 1 aliphatic heterocycles. The number of halogens is 1. The summed E-state index contributed by atoms with van der Waals surface area (Å²) in [6.07, 6.45) is 2.57. The summed E-state index contributed by atoms with van der Waals surface area (Å²) >= 11 is 0. The molecule has 0 saturated carbocycles. The third-order valence-electron chi connectivity index (χ3n) is 4.49. The molecule has 1 amide bonds. The Labute approximate surface area is 157 Å². The molecule has 4 aromatic rings. The number of aliphatic hydroxyl groups excluding tert-OH is 1. The largest absolute Gasteiger partial charge is 0.372 e. The lowest BCUT2D eigenvalue weighted by Gasteiger charge is -2.04. The minimum atomic E-state index is -0.627. The second-order valence-corrected chi connectivity index (χ2v) is 6.23. The van der Waals surface area contributed by atoms with E-state index >= 15 is 0 Å². The van der Waals surface area contributed by atoms with Gasteiger partial charge in [0.15, 0.2) is 11.5 Å². The van der Waals surface area contributed by atoms with Crippen molar-refractivity contribution in [1.82, 2.24) is 24.7 Å². The minimum absolute atomic E-state index is 0.191. The molecule has 0 atom stereocenters. The molecule has 5 rings (SSSR count). The molecule has 137 valence electrons. The predicted octanol–water partition coefficient (Wildman–Crippen LogP) is 2.28. The summed E-state index contributed by atoms with van der Waals surface area (Å²) in [5, 5.41) is 17.5. The maximum atomic E-state index is 14.1. The molecule has 0 fully saturated rings. The molecule has 0 saturated heterocycles. The number of hydrogen-bond acceptors (Lipinski definition) is 6. The van der Waals surface area contributed by atoms with Gasteiger partial charge in [-0.15, -0.1) is 0 Å². The number of aliphatic hydroxyl groups is 1. The molecule has 9 heteroatoms. The average Bonchev–Trinajstić information content (AvgIpc) is 3.21. The highest BCUT2D eigenvalue weighted by Gasteiger charge is 2.32. The van der Waals surface area contributed by atoms with Crippen LogP contribution in [0.1, 0.15) is 11.1 Å².